The number of alkyl halides is 1. The van der Waals surface area contributed by atoms with Gasteiger partial charge in [0.25, 0.3) is 5.91 Å². The molecule has 118 valence electrons. The molecule has 0 atom stereocenters. The van der Waals surface area contributed by atoms with Crippen molar-refractivity contribution in [1.82, 2.24) is 10.2 Å². The SMILES string of the molecule is O=C(Nc1n[nH]c2ccc(OCCF)cc12)c1ccc(F)cc1. The van der Waals surface area contributed by atoms with E-state index < -0.39 is 18.4 Å². The minimum absolute atomic E-state index is 0.0410. The molecule has 0 aliphatic rings. The van der Waals surface area contributed by atoms with E-state index >= 15 is 0 Å². The minimum atomic E-state index is -0.586. The number of amides is 1. The number of benzene rings is 2. The molecule has 5 nitrogen and oxygen atoms in total. The molecule has 0 unspecified atom stereocenters. The second-order valence-electron chi connectivity index (χ2n) is 4.78. The van der Waals surface area contributed by atoms with Gasteiger partial charge in [0, 0.05) is 10.9 Å². The van der Waals surface area contributed by atoms with Crippen LogP contribution in [0.3, 0.4) is 0 Å². The highest BCUT2D eigenvalue weighted by Crippen LogP contribution is 2.25. The minimum Gasteiger partial charge on any atom is -0.491 e. The lowest BCUT2D eigenvalue weighted by Gasteiger charge is -2.05. The van der Waals surface area contributed by atoms with E-state index in [1.54, 1.807) is 18.2 Å². The van der Waals surface area contributed by atoms with Crippen molar-refractivity contribution in [3.8, 4) is 5.75 Å². The van der Waals surface area contributed by atoms with E-state index in [1.807, 2.05) is 0 Å². The van der Waals surface area contributed by atoms with Gasteiger partial charge in [-0.3, -0.25) is 9.89 Å². The number of fused-ring (bicyclic) bond motifs is 1. The number of carbonyl (C=O) groups is 1. The predicted octanol–water partition coefficient (Wildman–Crippen LogP) is 3.30. The lowest BCUT2D eigenvalue weighted by atomic mass is 10.2. The van der Waals surface area contributed by atoms with E-state index in [2.05, 4.69) is 15.5 Å². The third-order valence-electron chi connectivity index (χ3n) is 3.22. The Labute approximate surface area is 130 Å². The van der Waals surface area contributed by atoms with Gasteiger partial charge in [-0.2, -0.15) is 5.10 Å². The molecule has 0 saturated heterocycles. The summed E-state index contributed by atoms with van der Waals surface area (Å²) in [7, 11) is 0. The number of halogens is 2. The summed E-state index contributed by atoms with van der Waals surface area (Å²) in [6.07, 6.45) is 0. The molecule has 0 fully saturated rings. The zero-order valence-electron chi connectivity index (χ0n) is 12.0. The number of rotatable bonds is 5. The van der Waals surface area contributed by atoms with E-state index in [4.69, 9.17) is 4.74 Å². The molecule has 0 bridgehead atoms. The topological polar surface area (TPSA) is 67.0 Å². The van der Waals surface area contributed by atoms with Crippen molar-refractivity contribution >= 4 is 22.6 Å². The van der Waals surface area contributed by atoms with Crippen molar-refractivity contribution in [2.45, 2.75) is 0 Å². The Bertz CT molecular complexity index is 831. The van der Waals surface area contributed by atoms with Crippen LogP contribution in [0.2, 0.25) is 0 Å². The van der Waals surface area contributed by atoms with Crippen molar-refractivity contribution in [2.75, 3.05) is 18.6 Å². The van der Waals surface area contributed by atoms with Gasteiger partial charge in [0.1, 0.15) is 24.8 Å². The molecule has 1 heterocycles. The van der Waals surface area contributed by atoms with Crippen molar-refractivity contribution < 1.29 is 18.3 Å². The number of hydrogen-bond acceptors (Lipinski definition) is 3. The summed E-state index contributed by atoms with van der Waals surface area (Å²) >= 11 is 0. The van der Waals surface area contributed by atoms with E-state index in [9.17, 15) is 13.6 Å². The molecule has 0 radical (unpaired) electrons. The first-order valence-corrected chi connectivity index (χ1v) is 6.91. The number of carbonyl (C=O) groups excluding carboxylic acids is 1. The molecular formula is C16H13F2N3O2. The van der Waals surface area contributed by atoms with Gasteiger partial charge >= 0.3 is 0 Å². The highest BCUT2D eigenvalue weighted by atomic mass is 19.1. The Kier molecular flexibility index (Phi) is 4.18. The summed E-state index contributed by atoms with van der Waals surface area (Å²) in [5.41, 5.74) is 1.01. The van der Waals surface area contributed by atoms with Crippen LogP contribution in [0.1, 0.15) is 10.4 Å². The number of nitrogens with one attached hydrogen (secondary N) is 2. The fourth-order valence-electron chi connectivity index (χ4n) is 2.12. The number of aromatic nitrogens is 2. The zero-order valence-corrected chi connectivity index (χ0v) is 12.0. The Morgan fingerprint density at radius 1 is 1.22 bits per heavy atom. The van der Waals surface area contributed by atoms with E-state index in [-0.39, 0.29) is 6.61 Å². The summed E-state index contributed by atoms with van der Waals surface area (Å²) < 4.78 is 30.3. The summed E-state index contributed by atoms with van der Waals surface area (Å²) in [5.74, 6) is -0.0243. The first-order valence-electron chi connectivity index (χ1n) is 6.91. The molecule has 2 aromatic carbocycles. The molecule has 1 amide bonds. The Balaban J connectivity index is 1.84. The van der Waals surface area contributed by atoms with Crippen LogP contribution in [-0.4, -0.2) is 29.4 Å². The second kappa shape index (κ2) is 6.43. The molecule has 3 rings (SSSR count). The van der Waals surface area contributed by atoms with Crippen LogP contribution in [0.4, 0.5) is 14.6 Å². The number of anilines is 1. The first-order chi connectivity index (χ1) is 11.2. The fourth-order valence-corrected chi connectivity index (χ4v) is 2.12. The highest BCUT2D eigenvalue weighted by molar-refractivity contribution is 6.07. The van der Waals surface area contributed by atoms with Gasteiger partial charge in [0.15, 0.2) is 5.82 Å². The lowest BCUT2D eigenvalue weighted by molar-refractivity contribution is 0.102. The lowest BCUT2D eigenvalue weighted by Crippen LogP contribution is -2.12. The molecule has 0 saturated carbocycles. The predicted molar refractivity (Wildman–Crippen MR) is 81.9 cm³/mol. The third-order valence-corrected chi connectivity index (χ3v) is 3.22. The average Bonchev–Trinajstić information content (AvgIpc) is 2.96. The molecule has 3 aromatic rings. The highest BCUT2D eigenvalue weighted by Gasteiger charge is 2.12. The number of ether oxygens (including phenoxy) is 1. The average molecular weight is 317 g/mol. The maximum atomic E-state index is 12.9. The monoisotopic (exact) mass is 317 g/mol. The van der Waals surface area contributed by atoms with Crippen LogP contribution >= 0.6 is 0 Å². The van der Waals surface area contributed by atoms with Crippen molar-refractivity contribution in [2.24, 2.45) is 0 Å². The van der Waals surface area contributed by atoms with Gasteiger partial charge in [-0.15, -0.1) is 0 Å². The van der Waals surface area contributed by atoms with Gasteiger partial charge in [0.05, 0.1) is 5.52 Å². The van der Waals surface area contributed by atoms with Gasteiger partial charge in [0.2, 0.25) is 0 Å². The second-order valence-corrected chi connectivity index (χ2v) is 4.78. The smallest absolute Gasteiger partial charge is 0.256 e. The van der Waals surface area contributed by atoms with Gasteiger partial charge in [-0.1, -0.05) is 0 Å². The number of aromatic amines is 1. The molecule has 23 heavy (non-hydrogen) atoms. The van der Waals surface area contributed by atoms with Crippen LogP contribution in [0.15, 0.2) is 42.5 Å². The van der Waals surface area contributed by atoms with Crippen molar-refractivity contribution in [3.63, 3.8) is 0 Å². The maximum Gasteiger partial charge on any atom is 0.256 e. The van der Waals surface area contributed by atoms with Gasteiger partial charge < -0.3 is 10.1 Å². The van der Waals surface area contributed by atoms with Gasteiger partial charge in [-0.25, -0.2) is 8.78 Å². The van der Waals surface area contributed by atoms with Crippen LogP contribution < -0.4 is 10.1 Å². The molecule has 7 heteroatoms. The van der Waals surface area contributed by atoms with Crippen LogP contribution in [0.25, 0.3) is 10.9 Å². The fraction of sp³-hybridized carbons (Fsp3) is 0.125. The van der Waals surface area contributed by atoms with Crippen molar-refractivity contribution in [3.05, 3.63) is 53.8 Å². The van der Waals surface area contributed by atoms with Crippen LogP contribution in [-0.2, 0) is 0 Å². The Morgan fingerprint density at radius 2 is 2.00 bits per heavy atom. The van der Waals surface area contributed by atoms with Crippen molar-refractivity contribution in [1.29, 1.82) is 0 Å². The van der Waals surface area contributed by atoms with Crippen LogP contribution in [0, 0.1) is 5.82 Å². The Morgan fingerprint density at radius 3 is 2.74 bits per heavy atom. The quantitative estimate of drug-likeness (QED) is 0.759. The standard InChI is InChI=1S/C16H13F2N3O2/c17-7-8-23-12-5-6-14-13(9-12)15(21-20-14)19-16(22)10-1-3-11(18)4-2-10/h1-6,9H,7-8H2,(H2,19,20,21,22). The summed E-state index contributed by atoms with van der Waals surface area (Å²) in [5, 5.41) is 10.1. The van der Waals surface area contributed by atoms with Gasteiger partial charge in [-0.05, 0) is 42.5 Å². The zero-order chi connectivity index (χ0) is 16.2. The summed E-state index contributed by atoms with van der Waals surface area (Å²) in [6.45, 7) is -0.627. The maximum absolute atomic E-state index is 12.9. The number of nitrogens with zero attached hydrogens (tertiary/aromatic N) is 1. The number of H-pyrrole nitrogens is 1. The molecular weight excluding hydrogens is 304 g/mol. The number of hydrogen-bond donors (Lipinski definition) is 2. The van der Waals surface area contributed by atoms with E-state index in [0.717, 1.165) is 0 Å². The normalized spacial score (nSPS) is 10.7. The summed E-state index contributed by atoms with van der Waals surface area (Å²) in [6, 6.07) is 10.3. The first kappa shape index (κ1) is 15.0. The largest absolute Gasteiger partial charge is 0.491 e. The molecule has 0 spiro atoms. The molecule has 0 aliphatic heterocycles. The third kappa shape index (κ3) is 3.28. The Hall–Kier alpha value is -2.96. The molecule has 0 aliphatic carbocycles. The van der Waals surface area contributed by atoms with E-state index in [0.29, 0.717) is 28.0 Å². The molecule has 2 N–H and O–H groups in total. The van der Waals surface area contributed by atoms with E-state index in [1.165, 1.54) is 24.3 Å². The molecule has 1 aromatic heterocycles. The van der Waals surface area contributed by atoms with Crippen LogP contribution in [0.5, 0.6) is 5.75 Å². The summed E-state index contributed by atoms with van der Waals surface area (Å²) in [4.78, 5) is 12.2.